The topological polar surface area (TPSA) is 75.7 Å². The number of benzene rings is 3. The van der Waals surface area contributed by atoms with Crippen molar-refractivity contribution < 1.29 is 17.9 Å². The molecule has 1 aliphatic rings. The number of amides is 1. The predicted octanol–water partition coefficient (Wildman–Crippen LogP) is 4.34. The van der Waals surface area contributed by atoms with Crippen LogP contribution in [-0.2, 0) is 27.8 Å². The van der Waals surface area contributed by atoms with Crippen LogP contribution in [0.25, 0.3) is 0 Å². The molecule has 1 amide bonds. The molecule has 8 heteroatoms. The molecule has 3 aromatic carbocycles. The van der Waals surface area contributed by atoms with Crippen LogP contribution < -0.4 is 10.1 Å². The molecule has 3 aromatic rings. The van der Waals surface area contributed by atoms with Crippen molar-refractivity contribution in [3.05, 3.63) is 94.5 Å². The van der Waals surface area contributed by atoms with Crippen molar-refractivity contribution in [3.8, 4) is 5.75 Å². The first-order valence-electron chi connectivity index (χ1n) is 10.7. The maximum Gasteiger partial charge on any atom is 0.258 e. The van der Waals surface area contributed by atoms with Gasteiger partial charge in [-0.25, -0.2) is 8.42 Å². The van der Waals surface area contributed by atoms with Gasteiger partial charge in [-0.15, -0.1) is 0 Å². The van der Waals surface area contributed by atoms with Crippen molar-refractivity contribution in [2.75, 3.05) is 13.2 Å². The number of carbonyl (C=O) groups is 1. The first-order valence-corrected chi connectivity index (χ1v) is 12.5. The van der Waals surface area contributed by atoms with Crippen LogP contribution in [-0.4, -0.2) is 31.8 Å². The number of fused-ring (bicyclic) bond motifs is 1. The van der Waals surface area contributed by atoms with Gasteiger partial charge < -0.3 is 10.1 Å². The van der Waals surface area contributed by atoms with Crippen LogP contribution in [0.2, 0.25) is 5.02 Å². The first-order chi connectivity index (χ1) is 15.8. The van der Waals surface area contributed by atoms with Crippen molar-refractivity contribution in [1.82, 2.24) is 9.62 Å². The predicted molar refractivity (Wildman–Crippen MR) is 128 cm³/mol. The Labute approximate surface area is 199 Å². The third-order valence-corrected chi connectivity index (χ3v) is 7.81. The van der Waals surface area contributed by atoms with E-state index in [-0.39, 0.29) is 34.2 Å². The minimum absolute atomic E-state index is 0.0985. The molecule has 0 spiro atoms. The van der Waals surface area contributed by atoms with Crippen molar-refractivity contribution >= 4 is 27.5 Å². The van der Waals surface area contributed by atoms with Crippen LogP contribution in [0.15, 0.2) is 77.7 Å². The zero-order valence-corrected chi connectivity index (χ0v) is 19.8. The zero-order valence-electron chi connectivity index (χ0n) is 18.2. The lowest BCUT2D eigenvalue weighted by Crippen LogP contribution is -2.35. The van der Waals surface area contributed by atoms with E-state index in [1.807, 2.05) is 61.5 Å². The Balaban J connectivity index is 1.39. The Hall–Kier alpha value is -2.87. The Morgan fingerprint density at radius 2 is 1.76 bits per heavy atom. The summed E-state index contributed by atoms with van der Waals surface area (Å²) in [4.78, 5) is 12.4. The summed E-state index contributed by atoms with van der Waals surface area (Å²) in [7, 11) is -3.71. The summed E-state index contributed by atoms with van der Waals surface area (Å²) in [5.74, 6) is -0.0479. The fraction of sp³-hybridized carbons (Fsp3) is 0.240. The third kappa shape index (κ3) is 5.38. The van der Waals surface area contributed by atoms with E-state index in [4.69, 9.17) is 16.3 Å². The Kier molecular flexibility index (Phi) is 7.02. The van der Waals surface area contributed by atoms with Gasteiger partial charge in [-0.3, -0.25) is 4.79 Å². The van der Waals surface area contributed by atoms with E-state index in [0.29, 0.717) is 19.5 Å². The summed E-state index contributed by atoms with van der Waals surface area (Å²) >= 11 is 6.30. The lowest BCUT2D eigenvalue weighted by Gasteiger charge is -2.28. The first kappa shape index (κ1) is 23.3. The zero-order chi connectivity index (χ0) is 23.4. The summed E-state index contributed by atoms with van der Waals surface area (Å²) in [5, 5.41) is 3.00. The third-order valence-electron chi connectivity index (χ3n) is 5.67. The van der Waals surface area contributed by atoms with E-state index >= 15 is 0 Å². The number of ether oxygens (including phenoxy) is 1. The molecular weight excluding hydrogens is 460 g/mol. The number of hydrogen-bond donors (Lipinski definition) is 1. The second-order valence-electron chi connectivity index (χ2n) is 7.94. The van der Waals surface area contributed by atoms with E-state index in [1.165, 1.54) is 28.1 Å². The quantitative estimate of drug-likeness (QED) is 0.541. The van der Waals surface area contributed by atoms with Gasteiger partial charge >= 0.3 is 0 Å². The van der Waals surface area contributed by atoms with Crippen LogP contribution in [0.4, 0.5) is 0 Å². The molecule has 0 aromatic heterocycles. The molecule has 0 radical (unpaired) electrons. The second-order valence-corrected chi connectivity index (χ2v) is 10.3. The van der Waals surface area contributed by atoms with Crippen molar-refractivity contribution in [1.29, 1.82) is 0 Å². The standard InChI is InChI=1S/C25H25ClN2O4S/c1-18(19-7-3-2-4-8-19)27-25(29)17-32-24-12-11-22(15-23(24)26)33(30,31)28-14-13-20-9-5-6-10-21(20)16-28/h2-12,15,18H,13-14,16-17H2,1H3,(H,27,29)/t18-/m0/s1. The SMILES string of the molecule is C[C@H](NC(=O)COc1ccc(S(=O)(=O)N2CCc3ccccc3C2)cc1Cl)c1ccccc1. The minimum atomic E-state index is -3.71. The molecule has 0 bridgehead atoms. The van der Waals surface area contributed by atoms with Gasteiger partial charge in [-0.05, 0) is 48.2 Å². The molecule has 33 heavy (non-hydrogen) atoms. The van der Waals surface area contributed by atoms with E-state index in [2.05, 4.69) is 5.32 Å². The molecule has 1 atom stereocenters. The van der Waals surface area contributed by atoms with Crippen LogP contribution in [0.1, 0.15) is 29.7 Å². The number of halogens is 1. The lowest BCUT2D eigenvalue weighted by molar-refractivity contribution is -0.123. The van der Waals surface area contributed by atoms with Gasteiger partial charge in [0.1, 0.15) is 5.75 Å². The summed E-state index contributed by atoms with van der Waals surface area (Å²) in [6, 6.07) is 21.6. The van der Waals surface area contributed by atoms with Gasteiger partial charge in [-0.1, -0.05) is 66.2 Å². The van der Waals surface area contributed by atoms with Gasteiger partial charge in [0.05, 0.1) is 16.0 Å². The average Bonchev–Trinajstić information content (AvgIpc) is 2.83. The van der Waals surface area contributed by atoms with Crippen molar-refractivity contribution in [2.45, 2.75) is 30.8 Å². The van der Waals surface area contributed by atoms with Crippen LogP contribution in [0, 0.1) is 0 Å². The maximum absolute atomic E-state index is 13.1. The van der Waals surface area contributed by atoms with Crippen molar-refractivity contribution in [3.63, 3.8) is 0 Å². The maximum atomic E-state index is 13.1. The highest BCUT2D eigenvalue weighted by Gasteiger charge is 2.28. The largest absolute Gasteiger partial charge is 0.482 e. The van der Waals surface area contributed by atoms with Gasteiger partial charge in [0, 0.05) is 13.1 Å². The Morgan fingerprint density at radius 1 is 1.06 bits per heavy atom. The fourth-order valence-electron chi connectivity index (χ4n) is 3.83. The lowest BCUT2D eigenvalue weighted by atomic mass is 10.0. The van der Waals surface area contributed by atoms with E-state index in [1.54, 1.807) is 0 Å². The molecule has 0 unspecified atom stereocenters. The monoisotopic (exact) mass is 484 g/mol. The molecule has 172 valence electrons. The van der Waals surface area contributed by atoms with Gasteiger partial charge in [0.15, 0.2) is 6.61 Å². The number of rotatable bonds is 7. The van der Waals surface area contributed by atoms with Gasteiger partial charge in [0.2, 0.25) is 10.0 Å². The molecule has 1 heterocycles. The number of sulfonamides is 1. The normalized spacial score (nSPS) is 14.8. The van der Waals surface area contributed by atoms with Crippen LogP contribution in [0.3, 0.4) is 0 Å². The number of nitrogens with one attached hydrogen (secondary N) is 1. The molecule has 0 aliphatic carbocycles. The van der Waals surface area contributed by atoms with Crippen LogP contribution >= 0.6 is 11.6 Å². The fourth-order valence-corrected chi connectivity index (χ4v) is 5.58. The highest BCUT2D eigenvalue weighted by molar-refractivity contribution is 7.89. The summed E-state index contributed by atoms with van der Waals surface area (Å²) in [6.07, 6.45) is 0.668. The number of carbonyl (C=O) groups excluding carboxylic acids is 1. The minimum Gasteiger partial charge on any atom is -0.482 e. The number of hydrogen-bond acceptors (Lipinski definition) is 4. The average molecular weight is 485 g/mol. The molecule has 1 N–H and O–H groups in total. The summed E-state index contributed by atoms with van der Waals surface area (Å²) < 4.78 is 33.3. The highest BCUT2D eigenvalue weighted by atomic mass is 35.5. The van der Waals surface area contributed by atoms with Crippen molar-refractivity contribution in [2.24, 2.45) is 0 Å². The molecular formula is C25H25ClN2O4S. The van der Waals surface area contributed by atoms with Gasteiger partial charge in [0.25, 0.3) is 5.91 Å². The Morgan fingerprint density at radius 3 is 2.48 bits per heavy atom. The Bertz CT molecular complexity index is 1250. The van der Waals surface area contributed by atoms with E-state index in [0.717, 1.165) is 11.1 Å². The van der Waals surface area contributed by atoms with Gasteiger partial charge in [-0.2, -0.15) is 4.31 Å². The smallest absolute Gasteiger partial charge is 0.258 e. The number of nitrogens with zero attached hydrogens (tertiary/aromatic N) is 1. The molecule has 0 saturated heterocycles. The van der Waals surface area contributed by atoms with E-state index in [9.17, 15) is 13.2 Å². The second kappa shape index (κ2) is 9.95. The molecule has 4 rings (SSSR count). The summed E-state index contributed by atoms with van der Waals surface area (Å²) in [6.45, 7) is 2.40. The summed E-state index contributed by atoms with van der Waals surface area (Å²) in [5.41, 5.74) is 3.17. The van der Waals surface area contributed by atoms with E-state index < -0.39 is 10.0 Å². The molecule has 0 fully saturated rings. The van der Waals surface area contributed by atoms with Crippen LogP contribution in [0.5, 0.6) is 5.75 Å². The molecule has 1 aliphatic heterocycles. The molecule has 6 nitrogen and oxygen atoms in total. The highest BCUT2D eigenvalue weighted by Crippen LogP contribution is 2.31. The molecule has 0 saturated carbocycles.